The smallest absolute Gasteiger partial charge is 0.155 e. The first-order valence-corrected chi connectivity index (χ1v) is 9.00. The van der Waals surface area contributed by atoms with Gasteiger partial charge in [0.1, 0.15) is 10.9 Å². The normalized spacial score (nSPS) is 36.0. The van der Waals surface area contributed by atoms with Crippen molar-refractivity contribution >= 4 is 10.9 Å². The molecule has 1 saturated heterocycles. The van der Waals surface area contributed by atoms with E-state index >= 15 is 0 Å². The fourth-order valence-corrected chi connectivity index (χ4v) is 7.68. The lowest BCUT2D eigenvalue weighted by Gasteiger charge is -2.23. The maximum Gasteiger partial charge on any atom is 0.155 e. The topological polar surface area (TPSA) is 9.23 Å². The molecule has 0 spiro atoms. The van der Waals surface area contributed by atoms with Gasteiger partial charge in [-0.3, -0.25) is 0 Å². The van der Waals surface area contributed by atoms with E-state index in [-0.39, 0.29) is 5.60 Å². The van der Waals surface area contributed by atoms with Gasteiger partial charge >= 0.3 is 0 Å². The second-order valence-corrected chi connectivity index (χ2v) is 8.64. The first-order chi connectivity index (χ1) is 9.70. The van der Waals surface area contributed by atoms with E-state index in [4.69, 9.17) is 4.74 Å². The van der Waals surface area contributed by atoms with Gasteiger partial charge < -0.3 is 4.74 Å². The van der Waals surface area contributed by atoms with Gasteiger partial charge in [0.25, 0.3) is 0 Å². The van der Waals surface area contributed by atoms with Crippen LogP contribution in [0.15, 0.2) is 41.8 Å². The summed E-state index contributed by atoms with van der Waals surface area (Å²) in [5, 5.41) is 1.45. The molecule has 4 atom stereocenters. The quantitative estimate of drug-likeness (QED) is 0.594. The van der Waals surface area contributed by atoms with Gasteiger partial charge in [0.05, 0.1) is 0 Å². The number of hydrogen-bond acceptors (Lipinski definition) is 1. The molecule has 1 heterocycles. The standard InChI is InChI=1S/C18H25OS/c1-4-6-16-13-18(19-3)12-5-7-17(18)20(16)15-10-8-14(2)9-11-15/h4,8-11,16-17H,1,5-7,12-13H2,2-3H3/q+1/t16?,17-,18-,20?/m0/s1. The van der Waals surface area contributed by atoms with Crippen LogP contribution in [0.1, 0.15) is 37.7 Å². The van der Waals surface area contributed by atoms with Gasteiger partial charge in [0.15, 0.2) is 10.1 Å². The van der Waals surface area contributed by atoms with Crippen molar-refractivity contribution in [1.29, 1.82) is 0 Å². The van der Waals surface area contributed by atoms with Crippen LogP contribution in [0.3, 0.4) is 0 Å². The molecular weight excluding hydrogens is 264 g/mol. The molecule has 0 bridgehead atoms. The number of hydrogen-bond donors (Lipinski definition) is 0. The van der Waals surface area contributed by atoms with Crippen LogP contribution in [-0.4, -0.2) is 23.2 Å². The van der Waals surface area contributed by atoms with Crippen LogP contribution in [-0.2, 0) is 15.6 Å². The fourth-order valence-electron chi connectivity index (χ4n) is 4.05. The third-order valence-corrected chi connectivity index (χ3v) is 8.19. The summed E-state index contributed by atoms with van der Waals surface area (Å²) in [6.45, 7) is 6.14. The largest absolute Gasteiger partial charge is 0.373 e. The molecule has 2 unspecified atom stereocenters. The average molecular weight is 289 g/mol. The molecule has 3 rings (SSSR count). The van der Waals surface area contributed by atoms with Crippen molar-refractivity contribution in [2.45, 2.75) is 60.0 Å². The Morgan fingerprint density at radius 2 is 2.15 bits per heavy atom. The fraction of sp³-hybridized carbons (Fsp3) is 0.556. The van der Waals surface area contributed by atoms with E-state index in [1.165, 1.54) is 36.1 Å². The Morgan fingerprint density at radius 1 is 1.40 bits per heavy atom. The SMILES string of the molecule is C=CCC1C[C@@]2(OC)CCC[C@@H]2[S+]1c1ccc(C)cc1. The highest BCUT2D eigenvalue weighted by molar-refractivity contribution is 7.98. The Labute approximate surface area is 125 Å². The molecule has 2 aliphatic rings. The molecule has 0 N–H and O–H groups in total. The summed E-state index contributed by atoms with van der Waals surface area (Å²) in [7, 11) is 2.24. The molecule has 1 aliphatic heterocycles. The Morgan fingerprint density at radius 3 is 2.80 bits per heavy atom. The highest BCUT2D eigenvalue weighted by Crippen LogP contribution is 2.52. The zero-order chi connectivity index (χ0) is 14.2. The van der Waals surface area contributed by atoms with Crippen LogP contribution in [0.25, 0.3) is 0 Å². The summed E-state index contributed by atoms with van der Waals surface area (Å²) in [5.41, 5.74) is 1.50. The lowest BCUT2D eigenvalue weighted by molar-refractivity contribution is -0.000356. The number of benzene rings is 1. The second-order valence-electron chi connectivity index (χ2n) is 6.19. The average Bonchev–Trinajstić information content (AvgIpc) is 2.97. The lowest BCUT2D eigenvalue weighted by atomic mass is 9.95. The van der Waals surface area contributed by atoms with Gasteiger partial charge in [-0.25, -0.2) is 0 Å². The van der Waals surface area contributed by atoms with Crippen LogP contribution in [0.4, 0.5) is 0 Å². The van der Waals surface area contributed by atoms with Gasteiger partial charge in [-0.05, 0) is 38.3 Å². The second kappa shape index (κ2) is 5.57. The Kier molecular flexibility index (Phi) is 3.96. The molecule has 1 saturated carbocycles. The highest BCUT2D eigenvalue weighted by Gasteiger charge is 2.63. The number of aryl methyl sites for hydroxylation is 1. The number of methoxy groups -OCH3 is 1. The van der Waals surface area contributed by atoms with Crippen molar-refractivity contribution in [3.05, 3.63) is 42.5 Å². The lowest BCUT2D eigenvalue weighted by Crippen LogP contribution is -2.37. The molecular formula is C18H25OS+. The van der Waals surface area contributed by atoms with E-state index in [1.54, 1.807) is 0 Å². The van der Waals surface area contributed by atoms with E-state index in [9.17, 15) is 0 Å². The highest BCUT2D eigenvalue weighted by atomic mass is 32.2. The maximum absolute atomic E-state index is 6.05. The van der Waals surface area contributed by atoms with Crippen LogP contribution >= 0.6 is 0 Å². The Balaban J connectivity index is 1.96. The first kappa shape index (κ1) is 14.2. The molecule has 0 amide bonds. The predicted octanol–water partition coefficient (Wildman–Crippen LogP) is 4.26. The summed E-state index contributed by atoms with van der Waals surface area (Å²) in [5.74, 6) is 0. The van der Waals surface area contributed by atoms with Crippen LogP contribution in [0, 0.1) is 6.92 Å². The molecule has 1 nitrogen and oxygen atoms in total. The Hall–Kier alpha value is -0.730. The van der Waals surface area contributed by atoms with Crippen molar-refractivity contribution in [3.8, 4) is 0 Å². The summed E-state index contributed by atoms with van der Waals surface area (Å²) < 4.78 is 6.05. The predicted molar refractivity (Wildman–Crippen MR) is 87.4 cm³/mol. The minimum atomic E-state index is 0.154. The van der Waals surface area contributed by atoms with Gasteiger partial charge in [-0.1, -0.05) is 23.8 Å². The first-order valence-electron chi connectivity index (χ1n) is 7.65. The molecule has 1 aromatic carbocycles. The number of ether oxygens (including phenoxy) is 1. The minimum absolute atomic E-state index is 0.154. The summed E-state index contributed by atoms with van der Waals surface area (Å²) in [4.78, 5) is 1.54. The van der Waals surface area contributed by atoms with Crippen LogP contribution < -0.4 is 0 Å². The molecule has 1 aliphatic carbocycles. The molecule has 0 radical (unpaired) electrons. The summed E-state index contributed by atoms with van der Waals surface area (Å²) in [6.07, 6.45) is 8.35. The molecule has 108 valence electrons. The van der Waals surface area contributed by atoms with Gasteiger partial charge in [0, 0.05) is 30.8 Å². The third-order valence-electron chi connectivity index (χ3n) is 5.02. The van der Waals surface area contributed by atoms with Crippen LogP contribution in [0.5, 0.6) is 0 Å². The number of allylic oxidation sites excluding steroid dienone is 1. The summed E-state index contributed by atoms with van der Waals surface area (Å²) in [6, 6.07) is 9.21. The third kappa shape index (κ3) is 2.23. The Bertz CT molecular complexity index is 481. The number of fused-ring (bicyclic) bond motifs is 1. The number of rotatable bonds is 4. The molecule has 2 fully saturated rings. The van der Waals surface area contributed by atoms with E-state index in [0.717, 1.165) is 16.9 Å². The molecule has 1 aromatic rings. The van der Waals surface area contributed by atoms with Crippen molar-refractivity contribution < 1.29 is 4.74 Å². The van der Waals surface area contributed by atoms with Gasteiger partial charge in [0.2, 0.25) is 0 Å². The van der Waals surface area contributed by atoms with Gasteiger partial charge in [-0.15, -0.1) is 6.58 Å². The molecule has 0 aromatic heterocycles. The maximum atomic E-state index is 6.05. The zero-order valence-corrected chi connectivity index (χ0v) is 13.4. The van der Waals surface area contributed by atoms with E-state index in [0.29, 0.717) is 10.9 Å². The van der Waals surface area contributed by atoms with E-state index in [1.807, 2.05) is 7.11 Å². The van der Waals surface area contributed by atoms with Crippen molar-refractivity contribution in [2.75, 3.05) is 7.11 Å². The van der Waals surface area contributed by atoms with Crippen LogP contribution in [0.2, 0.25) is 0 Å². The monoisotopic (exact) mass is 289 g/mol. The van der Waals surface area contributed by atoms with Crippen molar-refractivity contribution in [1.82, 2.24) is 0 Å². The summed E-state index contributed by atoms with van der Waals surface area (Å²) >= 11 is 0. The van der Waals surface area contributed by atoms with Crippen molar-refractivity contribution in [2.24, 2.45) is 0 Å². The van der Waals surface area contributed by atoms with Gasteiger partial charge in [-0.2, -0.15) is 0 Å². The molecule has 2 heteroatoms. The van der Waals surface area contributed by atoms with Crippen molar-refractivity contribution in [3.63, 3.8) is 0 Å². The van der Waals surface area contributed by atoms with E-state index in [2.05, 4.69) is 43.8 Å². The minimum Gasteiger partial charge on any atom is -0.373 e. The molecule has 20 heavy (non-hydrogen) atoms. The zero-order valence-electron chi connectivity index (χ0n) is 12.6. The van der Waals surface area contributed by atoms with E-state index < -0.39 is 0 Å².